The first kappa shape index (κ1) is 21.8. The summed E-state index contributed by atoms with van der Waals surface area (Å²) in [7, 11) is 0. The van der Waals surface area contributed by atoms with Crippen LogP contribution in [0.2, 0.25) is 0 Å². The van der Waals surface area contributed by atoms with Gasteiger partial charge in [-0.1, -0.05) is 30.3 Å². The number of carbonyl (C=O) groups excluding carboxylic acids is 1. The van der Waals surface area contributed by atoms with E-state index in [2.05, 4.69) is 39.8 Å². The molecule has 31 heavy (non-hydrogen) atoms. The molecule has 4 rings (SSSR count). The van der Waals surface area contributed by atoms with E-state index in [4.69, 9.17) is 4.74 Å². The van der Waals surface area contributed by atoms with E-state index < -0.39 is 6.10 Å². The third kappa shape index (κ3) is 6.29. The number of rotatable bonds is 8. The van der Waals surface area contributed by atoms with Crippen molar-refractivity contribution in [3.63, 3.8) is 0 Å². The highest BCUT2D eigenvalue weighted by Crippen LogP contribution is 2.19. The number of nitrogens with zero attached hydrogens (tertiary/aromatic N) is 1. The number of aliphatic hydroxyl groups excluding tert-OH is 1. The standard InChI is InChI=1S/C25H33N3O3/c29-24(18-28-13-9-19-4-1-2-5-21(19)17-28)8-12-26-25(30)20-6-3-7-23(16-20)27-22-10-14-31-15-11-22/h1-7,16,22,24,27,29H,8-15,17-18H2,(H,26,30)/t24-/m0/s1. The Labute approximate surface area is 184 Å². The van der Waals surface area contributed by atoms with Crippen LogP contribution in [0.1, 0.15) is 40.7 Å². The van der Waals surface area contributed by atoms with Crippen LogP contribution >= 0.6 is 0 Å². The van der Waals surface area contributed by atoms with Gasteiger partial charge in [0.15, 0.2) is 0 Å². The lowest BCUT2D eigenvalue weighted by molar-refractivity contribution is 0.0890. The minimum Gasteiger partial charge on any atom is -0.392 e. The van der Waals surface area contributed by atoms with Gasteiger partial charge in [0.1, 0.15) is 0 Å². The predicted molar refractivity (Wildman–Crippen MR) is 122 cm³/mol. The molecule has 3 N–H and O–H groups in total. The lowest BCUT2D eigenvalue weighted by atomic mass is 9.99. The van der Waals surface area contributed by atoms with Crippen molar-refractivity contribution in [3.05, 3.63) is 65.2 Å². The third-order valence-corrected chi connectivity index (χ3v) is 6.16. The first-order chi connectivity index (χ1) is 15.2. The summed E-state index contributed by atoms with van der Waals surface area (Å²) in [5.41, 5.74) is 4.36. The maximum absolute atomic E-state index is 12.5. The smallest absolute Gasteiger partial charge is 0.251 e. The van der Waals surface area contributed by atoms with Crippen molar-refractivity contribution in [2.45, 2.75) is 44.4 Å². The molecule has 0 unspecified atom stereocenters. The van der Waals surface area contributed by atoms with Crippen molar-refractivity contribution >= 4 is 11.6 Å². The van der Waals surface area contributed by atoms with E-state index in [0.717, 1.165) is 51.3 Å². The third-order valence-electron chi connectivity index (χ3n) is 6.16. The molecule has 0 bridgehead atoms. The summed E-state index contributed by atoms with van der Waals surface area (Å²) < 4.78 is 5.40. The number of aliphatic hydroxyl groups is 1. The van der Waals surface area contributed by atoms with Crippen molar-refractivity contribution in [1.29, 1.82) is 0 Å². The second kappa shape index (κ2) is 10.8. The van der Waals surface area contributed by atoms with Crippen LogP contribution in [0, 0.1) is 0 Å². The molecule has 1 atom stereocenters. The summed E-state index contributed by atoms with van der Waals surface area (Å²) in [6.45, 7) is 4.50. The number of fused-ring (bicyclic) bond motifs is 1. The maximum Gasteiger partial charge on any atom is 0.251 e. The van der Waals surface area contributed by atoms with E-state index in [1.807, 2.05) is 24.3 Å². The van der Waals surface area contributed by atoms with Crippen molar-refractivity contribution in [3.8, 4) is 0 Å². The van der Waals surface area contributed by atoms with Gasteiger partial charge >= 0.3 is 0 Å². The van der Waals surface area contributed by atoms with E-state index in [1.165, 1.54) is 11.1 Å². The van der Waals surface area contributed by atoms with Crippen LogP contribution in [0.3, 0.4) is 0 Å². The Bertz CT molecular complexity index is 867. The van der Waals surface area contributed by atoms with Crippen molar-refractivity contribution < 1.29 is 14.6 Å². The Hall–Kier alpha value is -2.41. The van der Waals surface area contributed by atoms with Crippen LogP contribution in [-0.2, 0) is 17.7 Å². The average Bonchev–Trinajstić information content (AvgIpc) is 2.80. The molecule has 2 aliphatic heterocycles. The normalized spacial score (nSPS) is 18.2. The molecule has 166 valence electrons. The van der Waals surface area contributed by atoms with Crippen molar-refractivity contribution in [2.75, 3.05) is 38.2 Å². The molecule has 0 radical (unpaired) electrons. The highest BCUT2D eigenvalue weighted by Gasteiger charge is 2.19. The Morgan fingerprint density at radius 1 is 1.13 bits per heavy atom. The van der Waals surface area contributed by atoms with Gasteiger partial charge in [0, 0.05) is 56.7 Å². The molecule has 0 spiro atoms. The Kier molecular flexibility index (Phi) is 7.57. The molecule has 2 heterocycles. The van der Waals surface area contributed by atoms with Crippen LogP contribution in [0.15, 0.2) is 48.5 Å². The quantitative estimate of drug-likeness (QED) is 0.609. The highest BCUT2D eigenvalue weighted by molar-refractivity contribution is 5.95. The monoisotopic (exact) mass is 423 g/mol. The summed E-state index contributed by atoms with van der Waals surface area (Å²) in [4.78, 5) is 14.8. The number of anilines is 1. The molecular weight excluding hydrogens is 390 g/mol. The highest BCUT2D eigenvalue weighted by atomic mass is 16.5. The number of benzene rings is 2. The first-order valence-corrected chi connectivity index (χ1v) is 11.4. The molecule has 0 saturated carbocycles. The van der Waals surface area contributed by atoms with Gasteiger partial charge in [0.05, 0.1) is 6.10 Å². The van der Waals surface area contributed by atoms with Gasteiger partial charge in [-0.3, -0.25) is 9.69 Å². The summed E-state index contributed by atoms with van der Waals surface area (Å²) in [5, 5.41) is 16.9. The molecule has 0 aromatic heterocycles. The fourth-order valence-corrected chi connectivity index (χ4v) is 4.38. The van der Waals surface area contributed by atoms with Gasteiger partial charge in [0.2, 0.25) is 0 Å². The molecule has 1 fully saturated rings. The van der Waals surface area contributed by atoms with Gasteiger partial charge in [-0.05, 0) is 55.0 Å². The van der Waals surface area contributed by atoms with Gasteiger partial charge in [-0.15, -0.1) is 0 Å². The predicted octanol–water partition coefficient (Wildman–Crippen LogP) is 2.82. The number of hydrogen-bond donors (Lipinski definition) is 3. The second-order valence-corrected chi connectivity index (χ2v) is 8.56. The molecule has 1 saturated heterocycles. The lowest BCUT2D eigenvalue weighted by Crippen LogP contribution is -2.38. The molecule has 0 aliphatic carbocycles. The van der Waals surface area contributed by atoms with Crippen LogP contribution < -0.4 is 10.6 Å². The number of β-amino-alcohol motifs (C(OH)–C–C–N with tert-alkyl or cyclic N) is 1. The zero-order valence-electron chi connectivity index (χ0n) is 18.1. The minimum atomic E-state index is -0.452. The number of carbonyl (C=O) groups is 1. The fourth-order valence-electron chi connectivity index (χ4n) is 4.38. The van der Waals surface area contributed by atoms with E-state index in [9.17, 15) is 9.90 Å². The minimum absolute atomic E-state index is 0.102. The zero-order valence-corrected chi connectivity index (χ0v) is 18.1. The zero-order chi connectivity index (χ0) is 21.5. The van der Waals surface area contributed by atoms with Gasteiger partial charge < -0.3 is 20.5 Å². The van der Waals surface area contributed by atoms with E-state index in [1.54, 1.807) is 0 Å². The number of nitrogens with one attached hydrogen (secondary N) is 2. The van der Waals surface area contributed by atoms with Crippen LogP contribution in [0.4, 0.5) is 5.69 Å². The first-order valence-electron chi connectivity index (χ1n) is 11.4. The van der Waals surface area contributed by atoms with Crippen LogP contribution in [0.25, 0.3) is 0 Å². The molecule has 6 nitrogen and oxygen atoms in total. The SMILES string of the molecule is O=C(NCC[C@H](O)CN1CCc2ccccc2C1)c1cccc(NC2CCOCC2)c1. The Morgan fingerprint density at radius 3 is 2.77 bits per heavy atom. The topological polar surface area (TPSA) is 73.8 Å². The lowest BCUT2D eigenvalue weighted by Gasteiger charge is -2.30. The van der Waals surface area contributed by atoms with E-state index in [0.29, 0.717) is 31.1 Å². The van der Waals surface area contributed by atoms with E-state index >= 15 is 0 Å². The van der Waals surface area contributed by atoms with E-state index in [-0.39, 0.29) is 5.91 Å². The Balaban J connectivity index is 1.20. The molecular formula is C25H33N3O3. The average molecular weight is 424 g/mol. The molecule has 2 aromatic rings. The number of hydrogen-bond acceptors (Lipinski definition) is 5. The fraction of sp³-hybridized carbons (Fsp3) is 0.480. The van der Waals surface area contributed by atoms with Crippen LogP contribution in [0.5, 0.6) is 0 Å². The summed E-state index contributed by atoms with van der Waals surface area (Å²) >= 11 is 0. The van der Waals surface area contributed by atoms with Crippen molar-refractivity contribution in [1.82, 2.24) is 10.2 Å². The van der Waals surface area contributed by atoms with Gasteiger partial charge in [-0.25, -0.2) is 0 Å². The van der Waals surface area contributed by atoms with Crippen LogP contribution in [-0.4, -0.2) is 60.9 Å². The summed E-state index contributed by atoms with van der Waals surface area (Å²) in [6.07, 6.45) is 3.09. The van der Waals surface area contributed by atoms with Gasteiger partial charge in [-0.2, -0.15) is 0 Å². The largest absolute Gasteiger partial charge is 0.392 e. The number of amides is 1. The van der Waals surface area contributed by atoms with Crippen molar-refractivity contribution in [2.24, 2.45) is 0 Å². The summed E-state index contributed by atoms with van der Waals surface area (Å²) in [6, 6.07) is 16.5. The number of ether oxygens (including phenoxy) is 1. The maximum atomic E-state index is 12.5. The van der Waals surface area contributed by atoms with Gasteiger partial charge in [0.25, 0.3) is 5.91 Å². The summed E-state index contributed by atoms with van der Waals surface area (Å²) in [5.74, 6) is -0.102. The second-order valence-electron chi connectivity index (χ2n) is 8.56. The molecule has 6 heteroatoms. The molecule has 2 aliphatic rings. The Morgan fingerprint density at radius 2 is 1.94 bits per heavy atom. The molecule has 1 amide bonds. The molecule has 2 aromatic carbocycles.